The Bertz CT molecular complexity index is 1310. The molecule has 0 bridgehead atoms. The first-order chi connectivity index (χ1) is 17.3. The minimum Gasteiger partial charge on any atom is -0.496 e. The maximum absolute atomic E-state index is 13.5. The van der Waals surface area contributed by atoms with Crippen molar-refractivity contribution in [1.82, 2.24) is 25.0 Å². The standard InChI is InChI=1S/C27H37N5O4/c1-27(2,31-11-9-18(35-3)10-12-31)16-28-25(33)20-13-19-22(14-23(20)36-4)30-26(34)21-15-29-32(24(19)21)17-7-5-6-8-17/h13-15,17-18H,5-12,16H2,1-4H3,(H,28,33)(H,30,34). The summed E-state index contributed by atoms with van der Waals surface area (Å²) in [4.78, 5) is 31.6. The number of ether oxygens (including phenoxy) is 2. The van der Waals surface area contributed by atoms with Crippen molar-refractivity contribution in [1.29, 1.82) is 0 Å². The van der Waals surface area contributed by atoms with E-state index in [-0.39, 0.29) is 23.0 Å². The second-order valence-corrected chi connectivity index (χ2v) is 10.8. The molecule has 0 radical (unpaired) electrons. The highest BCUT2D eigenvalue weighted by atomic mass is 16.5. The highest BCUT2D eigenvalue weighted by Gasteiger charge is 2.31. The summed E-state index contributed by atoms with van der Waals surface area (Å²) in [5.41, 5.74) is 1.50. The molecule has 2 N–H and O–H groups in total. The van der Waals surface area contributed by atoms with Crippen molar-refractivity contribution in [2.45, 2.75) is 70.1 Å². The lowest BCUT2D eigenvalue weighted by Gasteiger charge is -2.42. The average molecular weight is 496 g/mol. The number of hydrogen-bond donors (Lipinski definition) is 2. The number of benzene rings is 1. The van der Waals surface area contributed by atoms with E-state index in [0.717, 1.165) is 62.5 Å². The van der Waals surface area contributed by atoms with Crippen molar-refractivity contribution >= 4 is 27.7 Å². The summed E-state index contributed by atoms with van der Waals surface area (Å²) in [5.74, 6) is 0.237. The van der Waals surface area contributed by atoms with Crippen molar-refractivity contribution in [3.05, 3.63) is 34.2 Å². The second-order valence-electron chi connectivity index (χ2n) is 10.8. The van der Waals surface area contributed by atoms with E-state index in [0.29, 0.717) is 34.9 Å². The van der Waals surface area contributed by atoms with Crippen LogP contribution in [-0.2, 0) is 4.74 Å². The van der Waals surface area contributed by atoms with Gasteiger partial charge in [-0.05, 0) is 45.6 Å². The SMILES string of the molecule is COc1cc2[nH]c(=O)c3cnn(C4CCCC4)c3c2cc1C(=O)NCC(C)(C)N1CCC(OC)CC1. The molecular formula is C27H37N5O4. The van der Waals surface area contributed by atoms with Gasteiger partial charge in [-0.1, -0.05) is 12.8 Å². The molecule has 1 saturated carbocycles. The van der Waals surface area contributed by atoms with Crippen LogP contribution in [0.15, 0.2) is 23.1 Å². The summed E-state index contributed by atoms with van der Waals surface area (Å²) in [6.45, 7) is 6.71. The number of nitrogens with zero attached hydrogens (tertiary/aromatic N) is 3. The summed E-state index contributed by atoms with van der Waals surface area (Å²) in [7, 11) is 3.31. The van der Waals surface area contributed by atoms with E-state index in [1.807, 2.05) is 10.7 Å². The molecule has 5 rings (SSSR count). The summed E-state index contributed by atoms with van der Waals surface area (Å²) in [6, 6.07) is 3.86. The Balaban J connectivity index is 1.45. The fourth-order valence-corrected chi connectivity index (χ4v) is 5.84. The van der Waals surface area contributed by atoms with Crippen molar-refractivity contribution in [2.24, 2.45) is 0 Å². The minimum atomic E-state index is -0.196. The lowest BCUT2D eigenvalue weighted by Crippen LogP contribution is -2.54. The van der Waals surface area contributed by atoms with Gasteiger partial charge in [-0.25, -0.2) is 0 Å². The van der Waals surface area contributed by atoms with Gasteiger partial charge in [-0.2, -0.15) is 5.10 Å². The first-order valence-corrected chi connectivity index (χ1v) is 13.0. The highest BCUT2D eigenvalue weighted by Crippen LogP contribution is 2.35. The van der Waals surface area contributed by atoms with Crippen molar-refractivity contribution in [3.8, 4) is 5.75 Å². The van der Waals surface area contributed by atoms with Crippen LogP contribution in [0.4, 0.5) is 0 Å². The smallest absolute Gasteiger partial charge is 0.259 e. The van der Waals surface area contributed by atoms with E-state index in [2.05, 4.69) is 34.1 Å². The number of likely N-dealkylation sites (tertiary alicyclic amines) is 1. The molecule has 0 spiro atoms. The Morgan fingerprint density at radius 3 is 2.53 bits per heavy atom. The third-order valence-electron chi connectivity index (χ3n) is 8.11. The molecule has 2 aliphatic rings. The molecule has 1 amide bonds. The van der Waals surface area contributed by atoms with Gasteiger partial charge in [0.25, 0.3) is 11.5 Å². The second kappa shape index (κ2) is 9.86. The molecular weight excluding hydrogens is 458 g/mol. The number of methoxy groups -OCH3 is 2. The monoisotopic (exact) mass is 495 g/mol. The third-order valence-corrected chi connectivity index (χ3v) is 8.11. The lowest BCUT2D eigenvalue weighted by atomic mass is 9.97. The maximum Gasteiger partial charge on any atom is 0.259 e. The molecule has 0 atom stereocenters. The maximum atomic E-state index is 13.5. The van der Waals surface area contributed by atoms with Crippen molar-refractivity contribution in [2.75, 3.05) is 33.9 Å². The molecule has 1 aliphatic carbocycles. The van der Waals surface area contributed by atoms with Gasteiger partial charge in [-0.3, -0.25) is 19.2 Å². The third kappa shape index (κ3) is 4.50. The fraction of sp³-hybridized carbons (Fsp3) is 0.593. The summed E-state index contributed by atoms with van der Waals surface area (Å²) >= 11 is 0. The van der Waals surface area contributed by atoms with Gasteiger partial charge < -0.3 is 19.8 Å². The largest absolute Gasteiger partial charge is 0.496 e. The van der Waals surface area contributed by atoms with E-state index in [1.165, 1.54) is 0 Å². The van der Waals surface area contributed by atoms with Crippen LogP contribution in [0.3, 0.4) is 0 Å². The number of nitrogens with one attached hydrogen (secondary N) is 2. The number of carbonyl (C=O) groups excluding carboxylic acids is 1. The molecule has 0 unspecified atom stereocenters. The first kappa shape index (κ1) is 24.8. The van der Waals surface area contributed by atoms with Gasteiger partial charge in [0.05, 0.1) is 47.4 Å². The number of piperidine rings is 1. The molecule has 1 aromatic carbocycles. The van der Waals surface area contributed by atoms with Crippen LogP contribution in [0.25, 0.3) is 21.8 Å². The van der Waals surface area contributed by atoms with Crippen LogP contribution in [-0.4, -0.2) is 71.1 Å². The zero-order chi connectivity index (χ0) is 25.4. The summed E-state index contributed by atoms with van der Waals surface area (Å²) < 4.78 is 13.1. The molecule has 3 heterocycles. The minimum absolute atomic E-state index is 0.181. The Kier molecular flexibility index (Phi) is 6.78. The number of carbonyl (C=O) groups is 1. The fourth-order valence-electron chi connectivity index (χ4n) is 5.84. The Morgan fingerprint density at radius 1 is 1.14 bits per heavy atom. The van der Waals surface area contributed by atoms with E-state index in [9.17, 15) is 9.59 Å². The highest BCUT2D eigenvalue weighted by molar-refractivity contribution is 6.08. The Labute approximate surface area is 211 Å². The number of amides is 1. The number of H-pyrrole nitrogens is 1. The van der Waals surface area contributed by atoms with Crippen LogP contribution >= 0.6 is 0 Å². The van der Waals surface area contributed by atoms with Crippen molar-refractivity contribution < 1.29 is 14.3 Å². The van der Waals surface area contributed by atoms with E-state index in [1.54, 1.807) is 26.5 Å². The van der Waals surface area contributed by atoms with Gasteiger partial charge in [0, 0.05) is 43.7 Å². The molecule has 2 fully saturated rings. The number of pyridine rings is 1. The number of rotatable bonds is 7. The molecule has 1 aliphatic heterocycles. The summed E-state index contributed by atoms with van der Waals surface area (Å²) in [6.07, 6.45) is 8.36. The zero-order valence-electron chi connectivity index (χ0n) is 21.7. The Morgan fingerprint density at radius 2 is 1.86 bits per heavy atom. The Hall–Kier alpha value is -2.91. The zero-order valence-corrected chi connectivity index (χ0v) is 21.7. The number of hydrogen-bond acceptors (Lipinski definition) is 6. The topological polar surface area (TPSA) is 101 Å². The van der Waals surface area contributed by atoms with Gasteiger partial charge in [0.1, 0.15) is 5.75 Å². The molecule has 194 valence electrons. The molecule has 3 aromatic rings. The quantitative estimate of drug-likeness (QED) is 0.519. The van der Waals surface area contributed by atoms with Crippen LogP contribution in [0.2, 0.25) is 0 Å². The average Bonchev–Trinajstić information content (AvgIpc) is 3.57. The van der Waals surface area contributed by atoms with E-state index in [4.69, 9.17) is 9.47 Å². The first-order valence-electron chi connectivity index (χ1n) is 13.0. The molecule has 1 saturated heterocycles. The van der Waals surface area contributed by atoms with Gasteiger partial charge >= 0.3 is 0 Å². The van der Waals surface area contributed by atoms with E-state index >= 15 is 0 Å². The molecule has 9 nitrogen and oxygen atoms in total. The normalized spacial score (nSPS) is 18.3. The number of fused-ring (bicyclic) bond motifs is 3. The predicted octanol–water partition coefficient (Wildman–Crippen LogP) is 3.62. The van der Waals surface area contributed by atoms with Crippen LogP contribution in [0.1, 0.15) is 68.8 Å². The van der Waals surface area contributed by atoms with Crippen molar-refractivity contribution in [3.63, 3.8) is 0 Å². The van der Waals surface area contributed by atoms with Gasteiger partial charge in [-0.15, -0.1) is 0 Å². The van der Waals surface area contributed by atoms with Crippen LogP contribution in [0.5, 0.6) is 5.75 Å². The number of aromatic nitrogens is 3. The van der Waals surface area contributed by atoms with Gasteiger partial charge in [0.2, 0.25) is 0 Å². The van der Waals surface area contributed by atoms with Gasteiger partial charge in [0.15, 0.2) is 0 Å². The molecule has 2 aromatic heterocycles. The molecule has 9 heteroatoms. The number of aromatic amines is 1. The molecule has 36 heavy (non-hydrogen) atoms. The summed E-state index contributed by atoms with van der Waals surface area (Å²) in [5, 5.41) is 9.08. The predicted molar refractivity (Wildman–Crippen MR) is 140 cm³/mol. The van der Waals surface area contributed by atoms with E-state index < -0.39 is 0 Å². The lowest BCUT2D eigenvalue weighted by molar-refractivity contribution is 0.00676. The van der Waals surface area contributed by atoms with Crippen LogP contribution < -0.4 is 15.6 Å². The van der Waals surface area contributed by atoms with Crippen LogP contribution in [0, 0.1) is 0 Å².